The number of halogens is 1. The van der Waals surface area contributed by atoms with Gasteiger partial charge in [-0.05, 0) is 61.8 Å². The summed E-state index contributed by atoms with van der Waals surface area (Å²) in [4.78, 5) is 33.1. The van der Waals surface area contributed by atoms with E-state index >= 15 is 0 Å². The fourth-order valence-corrected chi connectivity index (χ4v) is 5.30. The van der Waals surface area contributed by atoms with Crippen LogP contribution >= 0.6 is 11.6 Å². The Balaban J connectivity index is 1.48. The van der Waals surface area contributed by atoms with E-state index in [4.69, 9.17) is 11.6 Å². The van der Waals surface area contributed by atoms with Crippen molar-refractivity contribution in [3.8, 4) is 5.75 Å². The van der Waals surface area contributed by atoms with E-state index in [0.29, 0.717) is 35.9 Å². The third-order valence-electron chi connectivity index (χ3n) is 6.86. The number of anilines is 1. The summed E-state index contributed by atoms with van der Waals surface area (Å²) < 4.78 is 0. The number of phenolic OH excluding ortho intramolecular Hbond substituents is 1. The zero-order valence-corrected chi connectivity index (χ0v) is 21.3. The van der Waals surface area contributed by atoms with E-state index in [9.17, 15) is 14.7 Å². The van der Waals surface area contributed by atoms with Gasteiger partial charge in [-0.1, -0.05) is 18.2 Å². The number of alkyl halides is 1. The standard InChI is InChI=1S/C28H29ClN4O3/c1-16-5-4-6-20-24(34)13-23-26(25(16)20)19(14-29)15-33(23)28(36)22-12-18-11-17(7-8-21(18)31-22)27(35)30-9-10-32(2)3/h4-8,11-13,19,31,34H,9-10,14-15H2,1-3H3,(H,30,35)/t19-/m1/s1. The molecule has 0 spiro atoms. The number of aromatic nitrogens is 1. The molecule has 0 unspecified atom stereocenters. The van der Waals surface area contributed by atoms with Crippen LogP contribution in [0.2, 0.25) is 0 Å². The van der Waals surface area contributed by atoms with Crippen molar-refractivity contribution in [3.63, 3.8) is 0 Å². The van der Waals surface area contributed by atoms with Gasteiger partial charge in [0.25, 0.3) is 11.8 Å². The zero-order chi connectivity index (χ0) is 25.6. The number of amides is 2. The van der Waals surface area contributed by atoms with E-state index < -0.39 is 0 Å². The number of H-pyrrole nitrogens is 1. The highest BCUT2D eigenvalue weighted by molar-refractivity contribution is 6.19. The Bertz CT molecular complexity index is 1490. The Morgan fingerprint density at radius 2 is 2.00 bits per heavy atom. The lowest BCUT2D eigenvalue weighted by Gasteiger charge is -2.18. The molecule has 0 fully saturated rings. The molecule has 1 aliphatic rings. The Kier molecular flexibility index (Phi) is 6.36. The molecule has 1 atom stereocenters. The highest BCUT2D eigenvalue weighted by atomic mass is 35.5. The third kappa shape index (κ3) is 4.18. The summed E-state index contributed by atoms with van der Waals surface area (Å²) in [5.41, 5.74) is 4.45. The fourth-order valence-electron chi connectivity index (χ4n) is 5.05. The number of carbonyl (C=O) groups excluding carboxylic acids is 2. The molecular weight excluding hydrogens is 476 g/mol. The van der Waals surface area contributed by atoms with Crippen molar-refractivity contribution < 1.29 is 14.7 Å². The maximum absolute atomic E-state index is 13.7. The van der Waals surface area contributed by atoms with Crippen molar-refractivity contribution in [2.75, 3.05) is 44.5 Å². The number of carbonyl (C=O) groups is 2. The molecule has 3 N–H and O–H groups in total. The molecule has 5 rings (SSSR count). The minimum absolute atomic E-state index is 0.0448. The largest absolute Gasteiger partial charge is 0.507 e. The number of rotatable bonds is 6. The van der Waals surface area contributed by atoms with Crippen LogP contribution in [0.4, 0.5) is 5.69 Å². The summed E-state index contributed by atoms with van der Waals surface area (Å²) in [5.74, 6) is 0.108. The monoisotopic (exact) mass is 504 g/mol. The normalized spacial score (nSPS) is 15.1. The zero-order valence-electron chi connectivity index (χ0n) is 20.6. The van der Waals surface area contributed by atoms with Crippen molar-refractivity contribution in [1.29, 1.82) is 0 Å². The van der Waals surface area contributed by atoms with Crippen molar-refractivity contribution in [2.45, 2.75) is 12.8 Å². The van der Waals surface area contributed by atoms with Crippen molar-refractivity contribution in [3.05, 3.63) is 70.9 Å². The number of benzene rings is 3. The molecular formula is C28H29ClN4O3. The van der Waals surface area contributed by atoms with Crippen molar-refractivity contribution in [1.82, 2.24) is 15.2 Å². The quantitative estimate of drug-likeness (QED) is 0.335. The molecule has 0 saturated heterocycles. The number of likely N-dealkylation sites (N-methyl/N-ethyl adjacent to an activating group) is 1. The molecule has 0 aliphatic carbocycles. The summed E-state index contributed by atoms with van der Waals surface area (Å²) >= 11 is 6.36. The molecule has 0 saturated carbocycles. The average molecular weight is 505 g/mol. The molecule has 1 aliphatic heterocycles. The summed E-state index contributed by atoms with van der Waals surface area (Å²) in [7, 11) is 3.91. The van der Waals surface area contributed by atoms with Crippen LogP contribution < -0.4 is 10.2 Å². The van der Waals surface area contributed by atoms with Gasteiger partial charge in [0.1, 0.15) is 11.4 Å². The molecule has 186 valence electrons. The van der Waals surface area contributed by atoms with Crippen LogP contribution in [0.25, 0.3) is 21.7 Å². The summed E-state index contributed by atoms with van der Waals surface area (Å²) in [5, 5.41) is 16.2. The molecule has 0 bridgehead atoms. The van der Waals surface area contributed by atoms with E-state index in [1.807, 2.05) is 50.2 Å². The number of hydrogen-bond acceptors (Lipinski definition) is 4. The second-order valence-corrected chi connectivity index (χ2v) is 9.95. The number of aromatic amines is 1. The highest BCUT2D eigenvalue weighted by Gasteiger charge is 2.35. The predicted octanol–water partition coefficient (Wildman–Crippen LogP) is 4.61. The number of nitrogens with one attached hydrogen (secondary N) is 2. The van der Waals surface area contributed by atoms with Gasteiger partial charge >= 0.3 is 0 Å². The van der Waals surface area contributed by atoms with E-state index in [1.54, 1.807) is 29.2 Å². The first-order valence-electron chi connectivity index (χ1n) is 12.0. The SMILES string of the molecule is Cc1cccc2c(O)cc3c(c12)[C@H](CCl)CN3C(=O)c1cc2cc(C(=O)NCCN(C)C)ccc2[nH]1. The molecule has 2 heterocycles. The number of fused-ring (bicyclic) bond motifs is 4. The first-order chi connectivity index (χ1) is 17.3. The van der Waals surface area contributed by atoms with Crippen LogP contribution in [-0.2, 0) is 0 Å². The Morgan fingerprint density at radius 3 is 2.75 bits per heavy atom. The van der Waals surface area contributed by atoms with E-state index in [-0.39, 0.29) is 23.5 Å². The fraction of sp³-hybridized carbons (Fsp3) is 0.286. The maximum Gasteiger partial charge on any atom is 0.274 e. The van der Waals surface area contributed by atoms with E-state index in [2.05, 4.69) is 10.3 Å². The minimum atomic E-state index is -0.204. The maximum atomic E-state index is 13.7. The molecule has 7 nitrogen and oxygen atoms in total. The summed E-state index contributed by atoms with van der Waals surface area (Å²) in [6.07, 6.45) is 0. The first kappa shape index (κ1) is 24.2. The molecule has 8 heteroatoms. The van der Waals surface area contributed by atoms with Gasteiger partial charge < -0.3 is 25.2 Å². The molecule has 2 amide bonds. The number of aryl methyl sites for hydroxylation is 1. The number of nitrogens with zero attached hydrogens (tertiary/aromatic N) is 2. The van der Waals surface area contributed by atoms with Crippen molar-refractivity contribution in [2.24, 2.45) is 0 Å². The molecule has 1 aromatic heterocycles. The van der Waals surface area contributed by atoms with Crippen LogP contribution in [0.3, 0.4) is 0 Å². The second kappa shape index (κ2) is 9.48. The molecule has 36 heavy (non-hydrogen) atoms. The number of hydrogen-bond donors (Lipinski definition) is 3. The van der Waals surface area contributed by atoms with E-state index in [0.717, 1.165) is 39.3 Å². The van der Waals surface area contributed by atoms with Gasteiger partial charge in [0.15, 0.2) is 0 Å². The smallest absolute Gasteiger partial charge is 0.274 e. The second-order valence-electron chi connectivity index (χ2n) is 9.64. The van der Waals surface area contributed by atoms with Gasteiger partial charge in [-0.2, -0.15) is 0 Å². The lowest BCUT2D eigenvalue weighted by molar-refractivity contribution is 0.0949. The van der Waals surface area contributed by atoms with Gasteiger partial charge in [-0.15, -0.1) is 11.6 Å². The van der Waals surface area contributed by atoms with E-state index in [1.165, 1.54) is 0 Å². The van der Waals surface area contributed by atoms with Gasteiger partial charge in [0.05, 0.1) is 5.69 Å². The van der Waals surface area contributed by atoms with Crippen LogP contribution in [0, 0.1) is 6.92 Å². The van der Waals surface area contributed by atoms with Gasteiger partial charge in [0.2, 0.25) is 0 Å². The Labute approximate surface area is 214 Å². The Hall–Kier alpha value is -3.55. The van der Waals surface area contributed by atoms with Crippen LogP contribution in [-0.4, -0.2) is 66.4 Å². The van der Waals surface area contributed by atoms with Gasteiger partial charge in [-0.3, -0.25) is 9.59 Å². The first-order valence-corrected chi connectivity index (χ1v) is 12.5. The predicted molar refractivity (Wildman–Crippen MR) is 145 cm³/mol. The molecule has 4 aromatic rings. The Morgan fingerprint density at radius 1 is 1.19 bits per heavy atom. The molecule has 3 aromatic carbocycles. The molecule has 0 radical (unpaired) electrons. The van der Waals surface area contributed by atoms with Crippen LogP contribution in [0.5, 0.6) is 5.75 Å². The summed E-state index contributed by atoms with van der Waals surface area (Å²) in [6.45, 7) is 3.74. The topological polar surface area (TPSA) is 88.7 Å². The van der Waals surface area contributed by atoms with Gasteiger partial charge in [0, 0.05) is 59.4 Å². The van der Waals surface area contributed by atoms with Crippen molar-refractivity contribution >= 4 is 50.8 Å². The highest BCUT2D eigenvalue weighted by Crippen LogP contribution is 2.46. The van der Waals surface area contributed by atoms with Crippen LogP contribution in [0.15, 0.2) is 48.5 Å². The number of phenols is 1. The van der Waals surface area contributed by atoms with Crippen LogP contribution in [0.1, 0.15) is 37.9 Å². The lowest BCUT2D eigenvalue weighted by Crippen LogP contribution is -2.31. The number of aromatic hydroxyl groups is 1. The minimum Gasteiger partial charge on any atom is -0.507 e. The third-order valence-corrected chi connectivity index (χ3v) is 7.23. The van der Waals surface area contributed by atoms with Gasteiger partial charge in [-0.25, -0.2) is 0 Å². The lowest BCUT2D eigenvalue weighted by atomic mass is 9.92. The average Bonchev–Trinajstić information content (AvgIpc) is 3.44. The summed E-state index contributed by atoms with van der Waals surface area (Å²) in [6, 6.07) is 14.6.